The third-order valence-electron chi connectivity index (χ3n) is 5.65. The summed E-state index contributed by atoms with van der Waals surface area (Å²) in [4.78, 5) is 20.9. The molecule has 1 aliphatic rings. The molecule has 0 bridgehead atoms. The van der Waals surface area contributed by atoms with Crippen molar-refractivity contribution < 1.29 is 18.3 Å². The maximum Gasteiger partial charge on any atom is 0.253 e. The van der Waals surface area contributed by atoms with Crippen molar-refractivity contribution in [2.75, 3.05) is 23.4 Å². The van der Waals surface area contributed by atoms with Crippen molar-refractivity contribution >= 4 is 34.1 Å². The summed E-state index contributed by atoms with van der Waals surface area (Å²) in [5.74, 6) is -1.43. The van der Waals surface area contributed by atoms with Gasteiger partial charge in [0.2, 0.25) is 0 Å². The number of nitrogens with zero attached hydrogens (tertiary/aromatic N) is 4. The Morgan fingerprint density at radius 3 is 2.53 bits per heavy atom. The highest BCUT2D eigenvalue weighted by Gasteiger charge is 2.26. The highest BCUT2D eigenvalue weighted by Crippen LogP contribution is 2.32. The number of carbonyl (C=O) groups is 1. The van der Waals surface area contributed by atoms with Crippen LogP contribution < -0.4 is 16.8 Å². The fourth-order valence-electron chi connectivity index (χ4n) is 3.98. The first-order valence-corrected chi connectivity index (χ1v) is 10.7. The summed E-state index contributed by atoms with van der Waals surface area (Å²) in [7, 11) is 0. The molecule has 1 amide bonds. The van der Waals surface area contributed by atoms with E-state index >= 15 is 0 Å². The van der Waals surface area contributed by atoms with Gasteiger partial charge in [0.25, 0.3) is 5.91 Å². The van der Waals surface area contributed by atoms with Gasteiger partial charge in [-0.1, -0.05) is 30.3 Å². The standard InChI is InChI=1S/C23H21F2N7O2/c24-14-7-2-1-5-12(14)11-32-19-13(6-3-8-15(19)25)17(31-32)22-29-20(26)18(21(27)30-22)28-23(33)16-9-4-10-34-16/h1-3,5-8,16H,4,9-11H2,(H,28,33)(H4,26,27,29,30). The minimum Gasteiger partial charge on any atom is -0.382 e. The van der Waals surface area contributed by atoms with E-state index in [0.29, 0.717) is 24.0 Å². The summed E-state index contributed by atoms with van der Waals surface area (Å²) in [5.41, 5.74) is 13.0. The Hall–Kier alpha value is -4.12. The molecule has 1 saturated heterocycles. The number of fused-ring (bicyclic) bond motifs is 1. The van der Waals surface area contributed by atoms with E-state index in [-0.39, 0.29) is 46.8 Å². The summed E-state index contributed by atoms with van der Waals surface area (Å²) in [6, 6.07) is 10.7. The number of rotatable bonds is 5. The van der Waals surface area contributed by atoms with Crippen molar-refractivity contribution in [3.05, 3.63) is 59.7 Å². The third kappa shape index (κ3) is 3.90. The topological polar surface area (TPSA) is 134 Å². The number of benzene rings is 2. The highest BCUT2D eigenvalue weighted by molar-refractivity contribution is 6.00. The SMILES string of the molecule is Nc1nc(-c2nn(Cc3ccccc3F)c3c(F)cccc23)nc(N)c1NC(=O)C1CCCO1. The van der Waals surface area contributed by atoms with Gasteiger partial charge in [0.15, 0.2) is 17.5 Å². The van der Waals surface area contributed by atoms with Crippen LogP contribution >= 0.6 is 0 Å². The number of anilines is 3. The first-order valence-electron chi connectivity index (χ1n) is 10.7. The van der Waals surface area contributed by atoms with Crippen molar-refractivity contribution in [3.63, 3.8) is 0 Å². The predicted molar refractivity (Wildman–Crippen MR) is 123 cm³/mol. The maximum atomic E-state index is 14.8. The number of carbonyl (C=O) groups excluding carboxylic acids is 1. The second kappa shape index (κ2) is 8.67. The van der Waals surface area contributed by atoms with E-state index in [4.69, 9.17) is 16.2 Å². The van der Waals surface area contributed by atoms with Gasteiger partial charge in [0, 0.05) is 17.6 Å². The van der Waals surface area contributed by atoms with E-state index in [1.807, 2.05) is 0 Å². The maximum absolute atomic E-state index is 14.8. The van der Waals surface area contributed by atoms with Crippen molar-refractivity contribution in [1.82, 2.24) is 19.7 Å². The zero-order valence-corrected chi connectivity index (χ0v) is 18.0. The number of nitrogens with two attached hydrogens (primary N) is 2. The molecule has 3 heterocycles. The summed E-state index contributed by atoms with van der Waals surface area (Å²) in [6.45, 7) is 0.502. The first kappa shape index (κ1) is 21.7. The lowest BCUT2D eigenvalue weighted by molar-refractivity contribution is -0.124. The molecule has 11 heteroatoms. The second-order valence-electron chi connectivity index (χ2n) is 7.92. The largest absolute Gasteiger partial charge is 0.382 e. The minimum absolute atomic E-state index is 0.00933. The van der Waals surface area contributed by atoms with Crippen LogP contribution in [0.15, 0.2) is 42.5 Å². The van der Waals surface area contributed by atoms with Crippen LogP contribution in [0.2, 0.25) is 0 Å². The van der Waals surface area contributed by atoms with Crippen LogP contribution in [0.5, 0.6) is 0 Å². The van der Waals surface area contributed by atoms with Crippen LogP contribution in [0.1, 0.15) is 18.4 Å². The molecule has 2 aromatic heterocycles. The Morgan fingerprint density at radius 2 is 1.82 bits per heavy atom. The summed E-state index contributed by atoms with van der Waals surface area (Å²) in [6.07, 6.45) is 0.804. The minimum atomic E-state index is -0.584. The highest BCUT2D eigenvalue weighted by atomic mass is 19.1. The van der Waals surface area contributed by atoms with Gasteiger partial charge < -0.3 is 21.5 Å². The molecule has 4 aromatic rings. The molecule has 1 atom stereocenters. The van der Waals surface area contributed by atoms with Gasteiger partial charge in [-0.2, -0.15) is 5.10 Å². The Balaban J connectivity index is 1.55. The Bertz CT molecular complexity index is 1380. The quantitative estimate of drug-likeness (QED) is 0.412. The number of nitrogens with one attached hydrogen (secondary N) is 1. The number of para-hydroxylation sites is 1. The molecule has 5 rings (SSSR count). The fraction of sp³-hybridized carbons (Fsp3) is 0.217. The van der Waals surface area contributed by atoms with Crippen LogP contribution in [0.3, 0.4) is 0 Å². The number of ether oxygens (including phenoxy) is 1. The summed E-state index contributed by atoms with van der Waals surface area (Å²) < 4.78 is 35.7. The molecule has 1 fully saturated rings. The Morgan fingerprint density at radius 1 is 1.09 bits per heavy atom. The third-order valence-corrected chi connectivity index (χ3v) is 5.65. The molecular formula is C23H21F2N7O2. The normalized spacial score (nSPS) is 15.6. The Kier molecular flexibility index (Phi) is 5.54. The van der Waals surface area contributed by atoms with Gasteiger partial charge in [-0.25, -0.2) is 18.7 Å². The zero-order valence-electron chi connectivity index (χ0n) is 18.0. The molecule has 1 aliphatic heterocycles. The van der Waals surface area contributed by atoms with Gasteiger partial charge in [-0.05, 0) is 25.0 Å². The fourth-order valence-corrected chi connectivity index (χ4v) is 3.98. The molecule has 1 unspecified atom stereocenters. The molecular weight excluding hydrogens is 444 g/mol. The lowest BCUT2D eigenvalue weighted by Crippen LogP contribution is -2.28. The van der Waals surface area contributed by atoms with Gasteiger partial charge in [-0.3, -0.25) is 9.48 Å². The number of halogens is 2. The number of hydrogen-bond acceptors (Lipinski definition) is 7. The van der Waals surface area contributed by atoms with Crippen LogP contribution in [-0.2, 0) is 16.1 Å². The summed E-state index contributed by atoms with van der Waals surface area (Å²) >= 11 is 0. The van der Waals surface area contributed by atoms with Crippen LogP contribution in [0.4, 0.5) is 26.1 Å². The van der Waals surface area contributed by atoms with Crippen LogP contribution in [0.25, 0.3) is 22.4 Å². The van der Waals surface area contributed by atoms with E-state index in [1.165, 1.54) is 22.9 Å². The second-order valence-corrected chi connectivity index (χ2v) is 7.92. The molecule has 0 saturated carbocycles. The van der Waals surface area contributed by atoms with Gasteiger partial charge in [0.05, 0.1) is 6.54 Å². The lowest BCUT2D eigenvalue weighted by Gasteiger charge is -2.13. The number of hydrogen-bond donors (Lipinski definition) is 3. The van der Waals surface area contributed by atoms with Gasteiger partial charge in [0.1, 0.15) is 34.6 Å². The zero-order chi connectivity index (χ0) is 23.8. The van der Waals surface area contributed by atoms with Crippen LogP contribution in [0, 0.1) is 11.6 Å². The van der Waals surface area contributed by atoms with E-state index in [9.17, 15) is 13.6 Å². The smallest absolute Gasteiger partial charge is 0.253 e. The van der Waals surface area contributed by atoms with Crippen molar-refractivity contribution in [3.8, 4) is 11.5 Å². The molecule has 174 valence electrons. The van der Waals surface area contributed by atoms with Gasteiger partial charge >= 0.3 is 0 Å². The molecule has 9 nitrogen and oxygen atoms in total. The Labute approximate surface area is 192 Å². The van der Waals surface area contributed by atoms with Gasteiger partial charge in [-0.15, -0.1) is 0 Å². The first-order chi connectivity index (χ1) is 16.4. The number of aromatic nitrogens is 4. The monoisotopic (exact) mass is 465 g/mol. The van der Waals surface area contributed by atoms with Crippen molar-refractivity contribution in [2.45, 2.75) is 25.5 Å². The van der Waals surface area contributed by atoms with Crippen molar-refractivity contribution in [1.29, 1.82) is 0 Å². The number of amides is 1. The van der Waals surface area contributed by atoms with E-state index in [0.717, 1.165) is 6.42 Å². The molecule has 2 aromatic carbocycles. The molecule has 0 spiro atoms. The van der Waals surface area contributed by atoms with E-state index in [2.05, 4.69) is 20.4 Å². The van der Waals surface area contributed by atoms with Crippen molar-refractivity contribution in [2.24, 2.45) is 0 Å². The van der Waals surface area contributed by atoms with Crippen LogP contribution in [-0.4, -0.2) is 38.4 Å². The molecule has 34 heavy (non-hydrogen) atoms. The van der Waals surface area contributed by atoms with E-state index < -0.39 is 17.7 Å². The predicted octanol–water partition coefficient (Wildman–Crippen LogP) is 3.10. The molecule has 0 radical (unpaired) electrons. The molecule has 0 aliphatic carbocycles. The summed E-state index contributed by atoms with van der Waals surface area (Å²) in [5, 5.41) is 7.49. The average molecular weight is 465 g/mol. The molecule has 5 N–H and O–H groups in total. The lowest BCUT2D eigenvalue weighted by atomic mass is 10.1. The number of nitrogen functional groups attached to an aromatic ring is 2. The van der Waals surface area contributed by atoms with E-state index in [1.54, 1.807) is 24.3 Å². The average Bonchev–Trinajstić information content (AvgIpc) is 3.47.